The molecule has 0 saturated carbocycles. The average molecular weight is 380 g/mol. The molecule has 0 saturated heterocycles. The Labute approximate surface area is 162 Å². The van der Waals surface area contributed by atoms with E-state index in [1.165, 1.54) is 19.3 Å². The van der Waals surface area contributed by atoms with Crippen LogP contribution in [-0.4, -0.2) is 28.8 Å². The smallest absolute Gasteiger partial charge is 0.373 e. The Bertz CT molecular complexity index is 1010. The van der Waals surface area contributed by atoms with Crippen molar-refractivity contribution in [3.8, 4) is 5.69 Å². The molecule has 0 aliphatic carbocycles. The summed E-state index contributed by atoms with van der Waals surface area (Å²) in [7, 11) is 1.26. The number of furan rings is 1. The van der Waals surface area contributed by atoms with Crippen molar-refractivity contribution in [3.63, 3.8) is 0 Å². The molecular formula is C21H20N2O5. The average Bonchev–Trinajstić information content (AvgIpc) is 3.29. The summed E-state index contributed by atoms with van der Waals surface area (Å²) in [6.07, 6.45) is 3.03. The molecule has 7 nitrogen and oxygen atoms in total. The number of carbonyl (C=O) groups excluding carboxylic acids is 2. The highest BCUT2D eigenvalue weighted by Gasteiger charge is 2.13. The van der Waals surface area contributed by atoms with Crippen molar-refractivity contribution in [3.05, 3.63) is 77.0 Å². The SMILES string of the molecule is COC(=O)c1ccc(COC(=O)/C=C/c2c(C)nn(-c3ccccc3)c2C)o1. The zero-order chi connectivity index (χ0) is 20.1. The fourth-order valence-electron chi connectivity index (χ4n) is 2.72. The summed E-state index contributed by atoms with van der Waals surface area (Å²) >= 11 is 0. The Morgan fingerprint density at radius 1 is 1.14 bits per heavy atom. The van der Waals surface area contributed by atoms with Gasteiger partial charge in [0.15, 0.2) is 0 Å². The summed E-state index contributed by atoms with van der Waals surface area (Å²) in [5, 5.41) is 4.53. The molecular weight excluding hydrogens is 360 g/mol. The molecule has 0 bridgehead atoms. The number of benzene rings is 1. The van der Waals surface area contributed by atoms with E-state index in [0.29, 0.717) is 5.76 Å². The highest BCUT2D eigenvalue weighted by molar-refractivity contribution is 5.87. The topological polar surface area (TPSA) is 83.6 Å². The predicted octanol–water partition coefficient (Wildman–Crippen LogP) is 3.63. The number of aromatic nitrogens is 2. The molecule has 0 fully saturated rings. The lowest BCUT2D eigenvalue weighted by molar-refractivity contribution is -0.139. The van der Waals surface area contributed by atoms with E-state index in [9.17, 15) is 9.59 Å². The Hall–Kier alpha value is -3.61. The van der Waals surface area contributed by atoms with Crippen molar-refractivity contribution < 1.29 is 23.5 Å². The van der Waals surface area contributed by atoms with E-state index in [4.69, 9.17) is 9.15 Å². The molecule has 0 aliphatic heterocycles. The zero-order valence-corrected chi connectivity index (χ0v) is 15.8. The summed E-state index contributed by atoms with van der Waals surface area (Å²) in [6, 6.07) is 12.8. The minimum atomic E-state index is -0.584. The van der Waals surface area contributed by atoms with Gasteiger partial charge in [-0.2, -0.15) is 5.10 Å². The normalized spacial score (nSPS) is 11.0. The van der Waals surface area contributed by atoms with Crippen molar-refractivity contribution in [1.29, 1.82) is 0 Å². The number of hydrogen-bond donors (Lipinski definition) is 0. The quantitative estimate of drug-likeness (QED) is 0.480. The molecule has 0 N–H and O–H groups in total. The van der Waals surface area contributed by atoms with E-state index < -0.39 is 11.9 Å². The van der Waals surface area contributed by atoms with E-state index in [2.05, 4.69) is 9.84 Å². The van der Waals surface area contributed by atoms with Crippen molar-refractivity contribution in [2.24, 2.45) is 0 Å². The molecule has 144 valence electrons. The molecule has 1 aromatic carbocycles. The summed E-state index contributed by atoms with van der Waals surface area (Å²) in [5.74, 6) is -0.698. The third-order valence-corrected chi connectivity index (χ3v) is 4.14. The van der Waals surface area contributed by atoms with Gasteiger partial charge in [0.05, 0.1) is 18.5 Å². The number of ether oxygens (including phenoxy) is 2. The summed E-state index contributed by atoms with van der Waals surface area (Å²) in [5.41, 5.74) is 3.52. The van der Waals surface area contributed by atoms with Crippen LogP contribution in [0.1, 0.15) is 33.3 Å². The van der Waals surface area contributed by atoms with Crippen LogP contribution in [-0.2, 0) is 20.9 Å². The van der Waals surface area contributed by atoms with Gasteiger partial charge in [-0.3, -0.25) is 0 Å². The lowest BCUT2D eigenvalue weighted by Crippen LogP contribution is -2.01. The number of rotatable bonds is 6. The van der Waals surface area contributed by atoms with Crippen LogP contribution in [0.25, 0.3) is 11.8 Å². The van der Waals surface area contributed by atoms with Crippen molar-refractivity contribution in [1.82, 2.24) is 9.78 Å². The molecule has 3 aromatic rings. The molecule has 0 amide bonds. The van der Waals surface area contributed by atoms with E-state index in [-0.39, 0.29) is 12.4 Å². The number of nitrogens with zero attached hydrogens (tertiary/aromatic N) is 2. The van der Waals surface area contributed by atoms with E-state index >= 15 is 0 Å². The first-order chi connectivity index (χ1) is 13.5. The number of carbonyl (C=O) groups is 2. The number of esters is 2. The maximum atomic E-state index is 12.0. The number of aryl methyl sites for hydroxylation is 1. The van der Waals surface area contributed by atoms with E-state index in [1.54, 1.807) is 12.1 Å². The van der Waals surface area contributed by atoms with Crippen LogP contribution in [0.3, 0.4) is 0 Å². The predicted molar refractivity (Wildman–Crippen MR) is 102 cm³/mol. The molecule has 0 atom stereocenters. The minimum absolute atomic E-state index is 0.0590. The zero-order valence-electron chi connectivity index (χ0n) is 15.8. The lowest BCUT2D eigenvalue weighted by Gasteiger charge is -2.03. The Balaban J connectivity index is 1.65. The van der Waals surface area contributed by atoms with Gasteiger partial charge in [0.25, 0.3) is 0 Å². The highest BCUT2D eigenvalue weighted by Crippen LogP contribution is 2.19. The maximum Gasteiger partial charge on any atom is 0.373 e. The largest absolute Gasteiger partial charge is 0.463 e. The number of hydrogen-bond acceptors (Lipinski definition) is 6. The first-order valence-corrected chi connectivity index (χ1v) is 8.63. The van der Waals surface area contributed by atoms with Crippen LogP contribution in [0.2, 0.25) is 0 Å². The first-order valence-electron chi connectivity index (χ1n) is 8.63. The van der Waals surface area contributed by atoms with Gasteiger partial charge >= 0.3 is 11.9 Å². The van der Waals surface area contributed by atoms with Gasteiger partial charge in [-0.05, 0) is 44.2 Å². The number of para-hydroxylation sites is 1. The third kappa shape index (κ3) is 4.20. The summed E-state index contributed by atoms with van der Waals surface area (Å²) in [4.78, 5) is 23.4. The fourth-order valence-corrected chi connectivity index (χ4v) is 2.72. The van der Waals surface area contributed by atoms with Gasteiger partial charge in [-0.1, -0.05) is 18.2 Å². The monoisotopic (exact) mass is 380 g/mol. The molecule has 28 heavy (non-hydrogen) atoms. The van der Waals surface area contributed by atoms with Crippen molar-refractivity contribution in [2.45, 2.75) is 20.5 Å². The van der Waals surface area contributed by atoms with Gasteiger partial charge in [-0.15, -0.1) is 0 Å². The second kappa shape index (κ2) is 8.39. The van der Waals surface area contributed by atoms with Gasteiger partial charge < -0.3 is 13.9 Å². The van der Waals surface area contributed by atoms with E-state index in [0.717, 1.165) is 22.6 Å². The molecule has 0 aliphatic rings. The van der Waals surface area contributed by atoms with Crippen molar-refractivity contribution >= 4 is 18.0 Å². The summed E-state index contributed by atoms with van der Waals surface area (Å²) < 4.78 is 16.8. The van der Waals surface area contributed by atoms with Gasteiger partial charge in [0.2, 0.25) is 5.76 Å². The molecule has 0 spiro atoms. The van der Waals surface area contributed by atoms with E-state index in [1.807, 2.05) is 48.9 Å². The standard InChI is InChI=1S/C21H20N2O5/c1-14-18(15(2)23(22-14)16-7-5-4-6-8-16)10-12-20(24)27-13-17-9-11-19(28-17)21(25)26-3/h4-12H,13H2,1-3H3/b12-10+. The highest BCUT2D eigenvalue weighted by atomic mass is 16.5. The minimum Gasteiger partial charge on any atom is -0.463 e. The molecule has 2 heterocycles. The Kier molecular flexibility index (Phi) is 5.74. The summed E-state index contributed by atoms with van der Waals surface area (Å²) in [6.45, 7) is 3.74. The molecule has 0 unspecified atom stereocenters. The van der Waals surface area contributed by atoms with Crippen LogP contribution >= 0.6 is 0 Å². The van der Waals surface area contributed by atoms with Crippen LogP contribution in [0.5, 0.6) is 0 Å². The van der Waals surface area contributed by atoms with Crippen LogP contribution in [0, 0.1) is 13.8 Å². The number of methoxy groups -OCH3 is 1. The van der Waals surface area contributed by atoms with Gasteiger partial charge in [0.1, 0.15) is 12.4 Å². The molecule has 7 heteroatoms. The fraction of sp³-hybridized carbons (Fsp3) is 0.190. The first kappa shape index (κ1) is 19.2. The Morgan fingerprint density at radius 3 is 2.61 bits per heavy atom. The molecule has 0 radical (unpaired) electrons. The lowest BCUT2D eigenvalue weighted by atomic mass is 10.2. The van der Waals surface area contributed by atoms with Crippen LogP contribution < -0.4 is 0 Å². The van der Waals surface area contributed by atoms with Crippen LogP contribution in [0.15, 0.2) is 53.0 Å². The molecule has 3 rings (SSSR count). The van der Waals surface area contributed by atoms with Gasteiger partial charge in [0, 0.05) is 17.3 Å². The molecule has 2 aromatic heterocycles. The Morgan fingerprint density at radius 2 is 1.89 bits per heavy atom. The maximum absolute atomic E-state index is 12.0. The van der Waals surface area contributed by atoms with Crippen LogP contribution in [0.4, 0.5) is 0 Å². The second-order valence-electron chi connectivity index (χ2n) is 6.03. The third-order valence-electron chi connectivity index (χ3n) is 4.14. The second-order valence-corrected chi connectivity index (χ2v) is 6.03. The van der Waals surface area contributed by atoms with Crippen molar-refractivity contribution in [2.75, 3.05) is 7.11 Å². The van der Waals surface area contributed by atoms with Gasteiger partial charge in [-0.25, -0.2) is 14.3 Å².